The summed E-state index contributed by atoms with van der Waals surface area (Å²) in [6, 6.07) is -0.0345. The number of aliphatic hydroxyl groups excluding tert-OH is 1. The van der Waals surface area contributed by atoms with Gasteiger partial charge in [-0.25, -0.2) is 4.79 Å². The lowest BCUT2D eigenvalue weighted by Crippen LogP contribution is -2.43. The van der Waals surface area contributed by atoms with Gasteiger partial charge in [0.25, 0.3) is 11.5 Å². The lowest BCUT2D eigenvalue weighted by molar-refractivity contribution is 0.0926. The minimum Gasteiger partial charge on any atom is -0.396 e. The third-order valence-electron chi connectivity index (χ3n) is 4.48. The first kappa shape index (κ1) is 18.4. The first-order chi connectivity index (χ1) is 11.5. The van der Waals surface area contributed by atoms with E-state index in [1.807, 2.05) is 0 Å². The molecule has 134 valence electrons. The maximum atomic E-state index is 12.5. The lowest BCUT2D eigenvalue weighted by atomic mass is 9.98. The second kappa shape index (κ2) is 8.25. The van der Waals surface area contributed by atoms with Crippen molar-refractivity contribution in [2.24, 2.45) is 13.0 Å². The monoisotopic (exact) mass is 338 g/mol. The van der Waals surface area contributed by atoms with E-state index in [0.29, 0.717) is 18.9 Å². The van der Waals surface area contributed by atoms with Gasteiger partial charge in [0.2, 0.25) is 0 Å². The van der Waals surface area contributed by atoms with Gasteiger partial charge in [0, 0.05) is 45.5 Å². The highest BCUT2D eigenvalue weighted by molar-refractivity contribution is 5.93. The van der Waals surface area contributed by atoms with Crippen LogP contribution in [0.4, 0.5) is 0 Å². The quantitative estimate of drug-likeness (QED) is 0.609. The van der Waals surface area contributed by atoms with Gasteiger partial charge >= 0.3 is 5.69 Å². The van der Waals surface area contributed by atoms with Crippen LogP contribution in [-0.2, 0) is 7.05 Å². The fraction of sp³-hybridized carbons (Fsp3) is 0.688. The molecule has 1 aromatic rings. The molecule has 1 aromatic heterocycles. The first-order valence-corrected chi connectivity index (χ1v) is 8.40. The average Bonchev–Trinajstić information content (AvgIpc) is 2.91. The molecule has 0 aliphatic carbocycles. The highest BCUT2D eigenvalue weighted by Crippen LogP contribution is 2.22. The summed E-state index contributed by atoms with van der Waals surface area (Å²) in [5, 5.41) is 11.9. The zero-order chi connectivity index (χ0) is 17.7. The van der Waals surface area contributed by atoms with E-state index in [-0.39, 0.29) is 18.2 Å². The number of rotatable bonds is 7. The highest BCUT2D eigenvalue weighted by atomic mass is 16.3. The predicted molar refractivity (Wildman–Crippen MR) is 90.1 cm³/mol. The molecule has 24 heavy (non-hydrogen) atoms. The van der Waals surface area contributed by atoms with Crippen LogP contribution in [0.5, 0.6) is 0 Å². The number of H-pyrrole nitrogens is 1. The Morgan fingerprint density at radius 1 is 1.42 bits per heavy atom. The van der Waals surface area contributed by atoms with Crippen molar-refractivity contribution in [3.63, 3.8) is 0 Å². The molecule has 2 rings (SSSR count). The Labute approximate surface area is 140 Å². The molecule has 2 atom stereocenters. The summed E-state index contributed by atoms with van der Waals surface area (Å²) in [4.78, 5) is 40.1. The van der Waals surface area contributed by atoms with Crippen LogP contribution in [0.15, 0.2) is 15.8 Å². The fourth-order valence-electron chi connectivity index (χ4n) is 3.24. The molecule has 0 aromatic carbocycles. The third kappa shape index (κ3) is 4.33. The van der Waals surface area contributed by atoms with E-state index in [4.69, 9.17) is 5.11 Å². The normalized spacial score (nSPS) is 21.1. The molecule has 1 aliphatic heterocycles. The van der Waals surface area contributed by atoms with Crippen LogP contribution >= 0.6 is 0 Å². The van der Waals surface area contributed by atoms with Crippen LogP contribution < -0.4 is 16.6 Å². The van der Waals surface area contributed by atoms with Crippen molar-refractivity contribution in [3.8, 4) is 0 Å². The Morgan fingerprint density at radius 3 is 2.83 bits per heavy atom. The molecule has 8 heteroatoms. The van der Waals surface area contributed by atoms with Crippen LogP contribution in [0.2, 0.25) is 0 Å². The topological polar surface area (TPSA) is 107 Å². The maximum absolute atomic E-state index is 12.5. The summed E-state index contributed by atoms with van der Waals surface area (Å²) >= 11 is 0. The predicted octanol–water partition coefficient (Wildman–Crippen LogP) is -0.714. The number of hydrogen-bond acceptors (Lipinski definition) is 5. The van der Waals surface area contributed by atoms with Crippen molar-refractivity contribution in [3.05, 3.63) is 32.6 Å². The molecule has 3 N–H and O–H groups in total. The summed E-state index contributed by atoms with van der Waals surface area (Å²) in [6.07, 6.45) is 3.99. The fourth-order valence-corrected chi connectivity index (χ4v) is 3.24. The van der Waals surface area contributed by atoms with E-state index in [0.717, 1.165) is 25.9 Å². The Hall–Kier alpha value is -1.93. The highest BCUT2D eigenvalue weighted by Gasteiger charge is 2.33. The molecule has 1 fully saturated rings. The smallest absolute Gasteiger partial charge is 0.328 e. The number of likely N-dealkylation sites (tertiary alicyclic amines) is 1. The summed E-state index contributed by atoms with van der Waals surface area (Å²) in [7, 11) is 1.49. The second-order valence-corrected chi connectivity index (χ2v) is 6.38. The Bertz CT molecular complexity index is 681. The van der Waals surface area contributed by atoms with Gasteiger partial charge < -0.3 is 19.9 Å². The Kier molecular flexibility index (Phi) is 6.33. The van der Waals surface area contributed by atoms with Crippen molar-refractivity contribution in [2.75, 3.05) is 26.2 Å². The molecule has 8 nitrogen and oxygen atoms in total. The molecule has 0 saturated carbocycles. The van der Waals surface area contributed by atoms with Gasteiger partial charge in [-0.3, -0.25) is 14.6 Å². The van der Waals surface area contributed by atoms with E-state index in [9.17, 15) is 14.4 Å². The van der Waals surface area contributed by atoms with E-state index >= 15 is 0 Å². The maximum Gasteiger partial charge on any atom is 0.328 e. The number of aryl methyl sites for hydroxylation is 1. The average molecular weight is 338 g/mol. The summed E-state index contributed by atoms with van der Waals surface area (Å²) in [5.41, 5.74) is -1.27. The minimum absolute atomic E-state index is 0.0345. The molecule has 1 aliphatic rings. The van der Waals surface area contributed by atoms with Crippen LogP contribution in [0.25, 0.3) is 0 Å². The van der Waals surface area contributed by atoms with Gasteiger partial charge in [0.15, 0.2) is 0 Å². The van der Waals surface area contributed by atoms with E-state index in [1.54, 1.807) is 0 Å². The van der Waals surface area contributed by atoms with Gasteiger partial charge in [0.05, 0.1) is 0 Å². The van der Waals surface area contributed by atoms with Gasteiger partial charge in [-0.1, -0.05) is 13.3 Å². The van der Waals surface area contributed by atoms with Crippen LogP contribution in [0, 0.1) is 5.92 Å². The van der Waals surface area contributed by atoms with E-state index in [1.165, 1.54) is 17.8 Å². The zero-order valence-electron chi connectivity index (χ0n) is 14.2. The molecular formula is C16H26N4O4. The summed E-state index contributed by atoms with van der Waals surface area (Å²) < 4.78 is 1.18. The number of aliphatic hydroxyl groups is 1. The molecule has 0 unspecified atom stereocenters. The minimum atomic E-state index is -0.669. The van der Waals surface area contributed by atoms with E-state index < -0.39 is 17.2 Å². The number of hydrogen-bond donors (Lipinski definition) is 3. The van der Waals surface area contributed by atoms with Gasteiger partial charge in [0.1, 0.15) is 5.56 Å². The SMILES string of the molecule is CCC[C@H]1CN(CCCO)C[C@@H]1NC(=O)c1cn(C)c(=O)[nH]c1=O. The largest absolute Gasteiger partial charge is 0.396 e. The molecule has 0 spiro atoms. The molecule has 0 bridgehead atoms. The van der Waals surface area contributed by atoms with Gasteiger partial charge in [-0.2, -0.15) is 0 Å². The molecule has 1 saturated heterocycles. The Balaban J connectivity index is 2.10. The van der Waals surface area contributed by atoms with E-state index in [2.05, 4.69) is 22.1 Å². The number of amides is 1. The van der Waals surface area contributed by atoms with Gasteiger partial charge in [-0.05, 0) is 18.8 Å². The summed E-state index contributed by atoms with van der Waals surface area (Å²) in [5.74, 6) is -0.133. The van der Waals surface area contributed by atoms with Crippen molar-refractivity contribution in [1.29, 1.82) is 0 Å². The Morgan fingerprint density at radius 2 is 2.17 bits per heavy atom. The van der Waals surface area contributed by atoms with Gasteiger partial charge in [-0.15, -0.1) is 0 Å². The third-order valence-corrected chi connectivity index (χ3v) is 4.48. The standard InChI is InChI=1S/C16H26N4O4/c1-3-5-11-8-20(6-4-7-21)10-13(11)17-14(22)12-9-19(2)16(24)18-15(12)23/h9,11,13,21H,3-8,10H2,1-2H3,(H,17,22)(H,18,23,24)/t11-,13-/m0/s1. The van der Waals surface area contributed by atoms with Crippen LogP contribution in [0.1, 0.15) is 36.5 Å². The number of nitrogens with zero attached hydrogens (tertiary/aromatic N) is 2. The first-order valence-electron chi connectivity index (χ1n) is 8.40. The molecule has 2 heterocycles. The molecule has 1 amide bonds. The number of aromatic nitrogens is 2. The summed E-state index contributed by atoms with van der Waals surface area (Å²) in [6.45, 7) is 4.64. The number of aromatic amines is 1. The lowest BCUT2D eigenvalue weighted by Gasteiger charge is -2.19. The number of carbonyl (C=O) groups is 1. The van der Waals surface area contributed by atoms with Crippen molar-refractivity contribution in [2.45, 2.75) is 32.2 Å². The number of nitrogens with one attached hydrogen (secondary N) is 2. The van der Waals surface area contributed by atoms with Crippen molar-refractivity contribution < 1.29 is 9.90 Å². The second-order valence-electron chi connectivity index (χ2n) is 6.38. The van der Waals surface area contributed by atoms with Crippen molar-refractivity contribution in [1.82, 2.24) is 19.8 Å². The van der Waals surface area contributed by atoms with Crippen LogP contribution in [0.3, 0.4) is 0 Å². The van der Waals surface area contributed by atoms with Crippen LogP contribution in [-0.4, -0.2) is 57.7 Å². The van der Waals surface area contributed by atoms with Crippen molar-refractivity contribution >= 4 is 5.91 Å². The zero-order valence-corrected chi connectivity index (χ0v) is 14.2. The molecular weight excluding hydrogens is 312 g/mol. The number of carbonyl (C=O) groups excluding carboxylic acids is 1. The molecule has 0 radical (unpaired) electrons.